The molecule has 7 nitrogen and oxygen atoms in total. The second kappa shape index (κ2) is 6.42. The predicted octanol–water partition coefficient (Wildman–Crippen LogP) is 0.822. The molecule has 1 aromatic carbocycles. The zero-order valence-electron chi connectivity index (χ0n) is 14.5. The van der Waals surface area contributed by atoms with Gasteiger partial charge in [-0.15, -0.1) is 0 Å². The second-order valence-corrected chi connectivity index (χ2v) is 8.85. The van der Waals surface area contributed by atoms with E-state index in [4.69, 9.17) is 0 Å². The summed E-state index contributed by atoms with van der Waals surface area (Å²) in [6.45, 7) is 5.32. The summed E-state index contributed by atoms with van der Waals surface area (Å²) in [5.74, 6) is -0.467. The third-order valence-electron chi connectivity index (χ3n) is 4.90. The highest BCUT2D eigenvalue weighted by Gasteiger charge is 2.40. The van der Waals surface area contributed by atoms with Gasteiger partial charge >= 0.3 is 0 Å². The summed E-state index contributed by atoms with van der Waals surface area (Å²) < 4.78 is 26.6. The van der Waals surface area contributed by atoms with Crippen molar-refractivity contribution >= 4 is 21.8 Å². The highest BCUT2D eigenvalue weighted by atomic mass is 32.2. The van der Waals surface area contributed by atoms with E-state index in [9.17, 15) is 18.0 Å². The Balaban J connectivity index is 1.82. The first-order valence-corrected chi connectivity index (χ1v) is 9.89. The van der Waals surface area contributed by atoms with Gasteiger partial charge in [-0.2, -0.15) is 4.31 Å². The number of hydrogen-bond acceptors (Lipinski definition) is 4. The van der Waals surface area contributed by atoms with E-state index in [0.29, 0.717) is 31.7 Å². The number of rotatable bonds is 3. The van der Waals surface area contributed by atoms with Crippen LogP contribution in [0.1, 0.15) is 37.0 Å². The van der Waals surface area contributed by atoms with Crippen LogP contribution < -0.4 is 5.32 Å². The van der Waals surface area contributed by atoms with Crippen LogP contribution in [0.4, 0.5) is 0 Å². The van der Waals surface area contributed by atoms with E-state index in [1.807, 2.05) is 0 Å². The lowest BCUT2D eigenvalue weighted by Gasteiger charge is -2.41. The van der Waals surface area contributed by atoms with Crippen LogP contribution in [0.5, 0.6) is 0 Å². The normalized spacial score (nSPS) is 21.2. The van der Waals surface area contributed by atoms with Crippen LogP contribution >= 0.6 is 0 Å². The summed E-state index contributed by atoms with van der Waals surface area (Å²) in [4.78, 5) is 26.5. The number of amides is 2. The molecule has 2 aliphatic heterocycles. The second-order valence-electron chi connectivity index (χ2n) is 6.91. The Morgan fingerprint density at radius 3 is 2.28 bits per heavy atom. The fourth-order valence-corrected chi connectivity index (χ4v) is 4.77. The van der Waals surface area contributed by atoms with Gasteiger partial charge in [0.05, 0.1) is 4.90 Å². The third-order valence-corrected chi connectivity index (χ3v) is 6.81. The van der Waals surface area contributed by atoms with E-state index in [1.54, 1.807) is 13.8 Å². The van der Waals surface area contributed by atoms with E-state index in [1.165, 1.54) is 33.5 Å². The summed E-state index contributed by atoms with van der Waals surface area (Å²) in [6.07, 6.45) is 1.75. The maximum absolute atomic E-state index is 12.8. The number of carbonyl (C=O) groups excluding carboxylic acids is 2. The molecule has 8 heteroatoms. The van der Waals surface area contributed by atoms with Gasteiger partial charge in [-0.05, 0) is 51.0 Å². The summed E-state index contributed by atoms with van der Waals surface area (Å²) >= 11 is 0. The lowest BCUT2D eigenvalue weighted by atomic mass is 9.97. The van der Waals surface area contributed by atoms with Gasteiger partial charge in [-0.25, -0.2) is 8.42 Å². The fraction of sp³-hybridized carbons (Fsp3) is 0.529. The number of piperazine rings is 1. The Morgan fingerprint density at radius 1 is 1.08 bits per heavy atom. The summed E-state index contributed by atoms with van der Waals surface area (Å²) in [6, 6.07) is 5.98. The van der Waals surface area contributed by atoms with Crippen molar-refractivity contribution in [3.8, 4) is 0 Å². The highest BCUT2D eigenvalue weighted by molar-refractivity contribution is 7.89. The average Bonchev–Trinajstić information content (AvgIpc) is 3.12. The number of nitrogens with one attached hydrogen (secondary N) is 1. The zero-order chi connectivity index (χ0) is 18.2. The standard InChI is InChI=1S/C17H23N3O4S/c1-17(2)16(22)18-9-12-20(17)15(21)13-5-7-14(8-6-13)25(23,24)19-10-3-4-11-19/h5-8H,3-4,9-12H2,1-2H3,(H,18,22). The zero-order valence-corrected chi connectivity index (χ0v) is 15.3. The van der Waals surface area contributed by atoms with Gasteiger partial charge in [0.25, 0.3) is 5.91 Å². The lowest BCUT2D eigenvalue weighted by Crippen LogP contribution is -2.63. The molecular formula is C17H23N3O4S. The van der Waals surface area contributed by atoms with Crippen molar-refractivity contribution in [2.45, 2.75) is 37.1 Å². The Hall–Kier alpha value is -1.93. The smallest absolute Gasteiger partial charge is 0.254 e. The Morgan fingerprint density at radius 2 is 1.68 bits per heavy atom. The minimum atomic E-state index is -3.49. The molecule has 2 aliphatic rings. The number of carbonyl (C=O) groups is 2. The molecule has 0 bridgehead atoms. The summed E-state index contributed by atoms with van der Waals surface area (Å²) in [5, 5.41) is 2.75. The van der Waals surface area contributed by atoms with Crippen LogP contribution in [0.15, 0.2) is 29.2 Å². The topological polar surface area (TPSA) is 86.8 Å². The molecule has 136 valence electrons. The average molecular weight is 365 g/mol. The summed E-state index contributed by atoms with van der Waals surface area (Å²) in [5.41, 5.74) is -0.557. The Labute approximate surface area is 148 Å². The molecule has 2 amide bonds. The van der Waals surface area contributed by atoms with Crippen molar-refractivity contribution in [2.24, 2.45) is 0 Å². The number of sulfonamides is 1. The van der Waals surface area contributed by atoms with E-state index < -0.39 is 15.6 Å². The molecule has 1 N–H and O–H groups in total. The first-order valence-electron chi connectivity index (χ1n) is 8.45. The highest BCUT2D eigenvalue weighted by Crippen LogP contribution is 2.24. The van der Waals surface area contributed by atoms with Gasteiger partial charge in [0, 0.05) is 31.7 Å². The van der Waals surface area contributed by atoms with Crippen LogP contribution in [0, 0.1) is 0 Å². The molecule has 2 fully saturated rings. The quantitative estimate of drug-likeness (QED) is 0.859. The van der Waals surface area contributed by atoms with E-state index in [2.05, 4.69) is 5.32 Å². The van der Waals surface area contributed by atoms with E-state index in [0.717, 1.165) is 12.8 Å². The molecular weight excluding hydrogens is 342 g/mol. The molecule has 0 aliphatic carbocycles. The van der Waals surface area contributed by atoms with Crippen molar-refractivity contribution in [1.82, 2.24) is 14.5 Å². The maximum atomic E-state index is 12.8. The molecule has 3 rings (SSSR count). The van der Waals surface area contributed by atoms with Crippen molar-refractivity contribution in [3.63, 3.8) is 0 Å². The molecule has 0 aromatic heterocycles. The van der Waals surface area contributed by atoms with Gasteiger partial charge in [0.2, 0.25) is 15.9 Å². The molecule has 2 saturated heterocycles. The monoisotopic (exact) mass is 365 g/mol. The van der Waals surface area contributed by atoms with Gasteiger partial charge < -0.3 is 10.2 Å². The molecule has 25 heavy (non-hydrogen) atoms. The molecule has 0 radical (unpaired) electrons. The minimum Gasteiger partial charge on any atom is -0.352 e. The molecule has 2 heterocycles. The first-order chi connectivity index (χ1) is 11.7. The van der Waals surface area contributed by atoms with Crippen molar-refractivity contribution in [3.05, 3.63) is 29.8 Å². The van der Waals surface area contributed by atoms with Crippen LogP contribution in [0.3, 0.4) is 0 Å². The van der Waals surface area contributed by atoms with Gasteiger partial charge in [-0.3, -0.25) is 9.59 Å². The Bertz CT molecular complexity index is 781. The number of nitrogens with zero attached hydrogens (tertiary/aromatic N) is 2. The van der Waals surface area contributed by atoms with Crippen molar-refractivity contribution in [1.29, 1.82) is 0 Å². The van der Waals surface area contributed by atoms with Crippen LogP contribution in [0.25, 0.3) is 0 Å². The molecule has 0 unspecified atom stereocenters. The van der Waals surface area contributed by atoms with E-state index in [-0.39, 0.29) is 16.7 Å². The molecule has 1 aromatic rings. The van der Waals surface area contributed by atoms with Gasteiger partial charge in [-0.1, -0.05) is 0 Å². The van der Waals surface area contributed by atoms with E-state index >= 15 is 0 Å². The first kappa shape index (κ1) is 17.9. The Kier molecular flexibility index (Phi) is 4.59. The van der Waals surface area contributed by atoms with Crippen molar-refractivity contribution < 1.29 is 18.0 Å². The van der Waals surface area contributed by atoms with Gasteiger partial charge in [0.1, 0.15) is 5.54 Å². The summed E-state index contributed by atoms with van der Waals surface area (Å²) in [7, 11) is -3.49. The maximum Gasteiger partial charge on any atom is 0.254 e. The SMILES string of the molecule is CC1(C)C(=O)NCCN1C(=O)c1ccc(S(=O)(=O)N2CCCC2)cc1. The van der Waals surface area contributed by atoms with Crippen molar-refractivity contribution in [2.75, 3.05) is 26.2 Å². The van der Waals surface area contributed by atoms with Crippen LogP contribution in [0.2, 0.25) is 0 Å². The number of benzene rings is 1. The lowest BCUT2D eigenvalue weighted by molar-refractivity contribution is -0.133. The predicted molar refractivity (Wildman–Crippen MR) is 92.6 cm³/mol. The molecule has 0 spiro atoms. The third kappa shape index (κ3) is 3.16. The molecule has 0 saturated carbocycles. The largest absolute Gasteiger partial charge is 0.352 e. The van der Waals surface area contributed by atoms with Crippen LogP contribution in [-0.4, -0.2) is 61.2 Å². The molecule has 0 atom stereocenters. The van der Waals surface area contributed by atoms with Crippen LogP contribution in [-0.2, 0) is 14.8 Å². The fourth-order valence-electron chi connectivity index (χ4n) is 3.26. The van der Waals surface area contributed by atoms with Gasteiger partial charge in [0.15, 0.2) is 0 Å². The minimum absolute atomic E-state index is 0.194. The number of hydrogen-bond donors (Lipinski definition) is 1.